The van der Waals surface area contributed by atoms with Crippen LogP contribution in [0, 0.1) is 17.2 Å². The van der Waals surface area contributed by atoms with Gasteiger partial charge in [0.05, 0.1) is 16.1 Å². The second kappa shape index (κ2) is 6.27. The summed E-state index contributed by atoms with van der Waals surface area (Å²) in [5.74, 6) is -0.0259. The van der Waals surface area contributed by atoms with Crippen LogP contribution in [-0.2, 0) is 0 Å². The Balaban J connectivity index is 2.89. The Morgan fingerprint density at radius 1 is 1.42 bits per heavy atom. The summed E-state index contributed by atoms with van der Waals surface area (Å²) in [5.41, 5.74) is -0.503. The van der Waals surface area contributed by atoms with Gasteiger partial charge in [-0.25, -0.2) is 0 Å². The number of benzene rings is 1. The molecule has 1 atom stereocenters. The molecule has 0 bridgehead atoms. The zero-order valence-electron chi connectivity index (χ0n) is 11.1. The van der Waals surface area contributed by atoms with Crippen molar-refractivity contribution in [1.29, 1.82) is 5.26 Å². The number of nitriles is 1. The topological polar surface area (TPSA) is 52.9 Å². The summed E-state index contributed by atoms with van der Waals surface area (Å²) in [6.07, 6.45) is 0.580. The molecule has 0 aliphatic rings. The minimum absolute atomic E-state index is 0.304. The molecule has 0 fully saturated rings. The number of carbonyl (C=O) groups excluding carboxylic acids is 1. The number of nitrogens with zero attached hydrogens (tertiary/aromatic N) is 1. The van der Waals surface area contributed by atoms with E-state index in [2.05, 4.69) is 11.4 Å². The molecule has 0 heterocycles. The number of amides is 1. The largest absolute Gasteiger partial charge is 0.334 e. The Morgan fingerprint density at radius 3 is 2.53 bits per heavy atom. The van der Waals surface area contributed by atoms with E-state index in [1.807, 2.05) is 13.8 Å². The van der Waals surface area contributed by atoms with Crippen LogP contribution in [0.3, 0.4) is 0 Å². The molecule has 0 aromatic heterocycles. The van der Waals surface area contributed by atoms with Gasteiger partial charge in [0, 0.05) is 5.56 Å². The lowest BCUT2D eigenvalue weighted by Gasteiger charge is -2.25. The molecule has 0 spiro atoms. The molecular formula is C14H16Cl2N2O. The molecule has 0 saturated carbocycles. The predicted molar refractivity (Wildman–Crippen MR) is 77.4 cm³/mol. The maximum Gasteiger partial charge on any atom is 0.252 e. The highest BCUT2D eigenvalue weighted by molar-refractivity contribution is 6.42. The van der Waals surface area contributed by atoms with Crippen molar-refractivity contribution in [2.75, 3.05) is 0 Å². The number of carbonyl (C=O) groups is 1. The van der Waals surface area contributed by atoms with Gasteiger partial charge in [-0.15, -0.1) is 0 Å². The Labute approximate surface area is 123 Å². The SMILES string of the molecule is CC(C)CC(C)(C#N)NC(=O)c1ccc(Cl)c(Cl)c1. The molecule has 0 aliphatic carbocycles. The normalized spacial score (nSPS) is 13.7. The van der Waals surface area contributed by atoms with E-state index < -0.39 is 5.54 Å². The van der Waals surface area contributed by atoms with Crippen LogP contribution in [0.5, 0.6) is 0 Å². The Bertz CT molecular complexity index is 523. The van der Waals surface area contributed by atoms with Gasteiger partial charge in [0.2, 0.25) is 0 Å². The molecule has 1 aromatic rings. The van der Waals surface area contributed by atoms with E-state index in [9.17, 15) is 10.1 Å². The molecule has 0 saturated heterocycles. The van der Waals surface area contributed by atoms with Gasteiger partial charge in [0.15, 0.2) is 0 Å². The lowest BCUT2D eigenvalue weighted by molar-refractivity contribution is 0.0917. The summed E-state index contributed by atoms with van der Waals surface area (Å²) in [6.45, 7) is 5.71. The lowest BCUT2D eigenvalue weighted by Crippen LogP contribution is -2.45. The van der Waals surface area contributed by atoms with Crippen molar-refractivity contribution >= 4 is 29.1 Å². The minimum atomic E-state index is -0.892. The highest BCUT2D eigenvalue weighted by Gasteiger charge is 2.27. The number of nitrogens with one attached hydrogen (secondary N) is 1. The predicted octanol–water partition coefficient (Wildman–Crippen LogP) is 4.05. The van der Waals surface area contributed by atoms with E-state index in [4.69, 9.17) is 23.2 Å². The molecule has 102 valence electrons. The third-order valence-electron chi connectivity index (χ3n) is 2.63. The molecule has 1 N–H and O–H groups in total. The lowest BCUT2D eigenvalue weighted by atomic mass is 9.92. The third kappa shape index (κ3) is 4.41. The summed E-state index contributed by atoms with van der Waals surface area (Å²) in [6, 6.07) is 6.78. The first kappa shape index (κ1) is 15.8. The van der Waals surface area contributed by atoms with Crippen LogP contribution in [0.15, 0.2) is 18.2 Å². The average Bonchev–Trinajstić information content (AvgIpc) is 2.31. The smallest absolute Gasteiger partial charge is 0.252 e. The number of hydrogen-bond donors (Lipinski definition) is 1. The highest BCUT2D eigenvalue weighted by Crippen LogP contribution is 2.23. The van der Waals surface area contributed by atoms with E-state index >= 15 is 0 Å². The van der Waals surface area contributed by atoms with Crippen LogP contribution in [-0.4, -0.2) is 11.4 Å². The zero-order chi connectivity index (χ0) is 14.6. The molecule has 0 aliphatic heterocycles. The molecule has 1 aromatic carbocycles. The Kier molecular flexibility index (Phi) is 5.22. The molecule has 5 heteroatoms. The first-order valence-corrected chi connectivity index (χ1v) is 6.72. The van der Waals surface area contributed by atoms with Crippen molar-refractivity contribution in [2.24, 2.45) is 5.92 Å². The minimum Gasteiger partial charge on any atom is -0.334 e. The maximum atomic E-state index is 12.1. The fourth-order valence-electron chi connectivity index (χ4n) is 1.90. The van der Waals surface area contributed by atoms with Gasteiger partial charge in [-0.1, -0.05) is 37.0 Å². The van der Waals surface area contributed by atoms with E-state index in [-0.39, 0.29) is 5.91 Å². The first-order valence-electron chi connectivity index (χ1n) is 5.96. The first-order chi connectivity index (χ1) is 8.77. The van der Waals surface area contributed by atoms with Crippen molar-refractivity contribution in [2.45, 2.75) is 32.7 Å². The van der Waals surface area contributed by atoms with Crippen LogP contribution in [0.2, 0.25) is 10.0 Å². The second-order valence-electron chi connectivity index (χ2n) is 5.12. The summed E-state index contributed by atoms with van der Waals surface area (Å²) in [4.78, 5) is 12.1. The molecular weight excluding hydrogens is 283 g/mol. The fourth-order valence-corrected chi connectivity index (χ4v) is 2.20. The molecule has 1 amide bonds. The van der Waals surface area contributed by atoms with Crippen LogP contribution in [0.25, 0.3) is 0 Å². The second-order valence-corrected chi connectivity index (χ2v) is 5.94. The molecule has 19 heavy (non-hydrogen) atoms. The highest BCUT2D eigenvalue weighted by atomic mass is 35.5. The monoisotopic (exact) mass is 298 g/mol. The standard InChI is InChI=1S/C14H16Cl2N2O/c1-9(2)7-14(3,8-17)18-13(19)10-4-5-11(15)12(16)6-10/h4-6,9H,7H2,1-3H3,(H,18,19). The van der Waals surface area contributed by atoms with Crippen molar-refractivity contribution in [3.05, 3.63) is 33.8 Å². The van der Waals surface area contributed by atoms with Crippen LogP contribution >= 0.6 is 23.2 Å². The summed E-state index contributed by atoms with van der Waals surface area (Å²) in [5, 5.41) is 12.7. The van der Waals surface area contributed by atoms with Crippen LogP contribution in [0.4, 0.5) is 0 Å². The molecule has 3 nitrogen and oxygen atoms in total. The van der Waals surface area contributed by atoms with Crippen molar-refractivity contribution in [3.8, 4) is 6.07 Å². The fraction of sp³-hybridized carbons (Fsp3) is 0.429. The molecule has 1 rings (SSSR count). The van der Waals surface area contributed by atoms with Gasteiger partial charge in [-0.3, -0.25) is 4.79 Å². The molecule has 0 radical (unpaired) electrons. The Morgan fingerprint density at radius 2 is 2.05 bits per heavy atom. The average molecular weight is 299 g/mol. The number of rotatable bonds is 4. The summed E-state index contributed by atoms with van der Waals surface area (Å²) >= 11 is 11.7. The third-order valence-corrected chi connectivity index (χ3v) is 3.37. The summed E-state index contributed by atoms with van der Waals surface area (Å²) < 4.78 is 0. The van der Waals surface area contributed by atoms with Crippen molar-refractivity contribution in [1.82, 2.24) is 5.32 Å². The van der Waals surface area contributed by atoms with E-state index in [1.54, 1.807) is 19.1 Å². The van der Waals surface area contributed by atoms with Gasteiger partial charge in [0.1, 0.15) is 5.54 Å². The Hall–Kier alpha value is -1.24. The number of halogens is 2. The quantitative estimate of drug-likeness (QED) is 0.911. The van der Waals surface area contributed by atoms with Gasteiger partial charge in [-0.05, 0) is 37.5 Å². The molecule has 1 unspecified atom stereocenters. The van der Waals surface area contributed by atoms with E-state index in [0.717, 1.165) is 0 Å². The maximum absolute atomic E-state index is 12.1. The van der Waals surface area contributed by atoms with E-state index in [0.29, 0.717) is 27.9 Å². The van der Waals surface area contributed by atoms with Crippen molar-refractivity contribution < 1.29 is 4.79 Å². The van der Waals surface area contributed by atoms with Gasteiger partial charge in [0.25, 0.3) is 5.91 Å². The van der Waals surface area contributed by atoms with E-state index in [1.165, 1.54) is 6.07 Å². The number of hydrogen-bond acceptors (Lipinski definition) is 2. The van der Waals surface area contributed by atoms with Gasteiger partial charge in [-0.2, -0.15) is 5.26 Å². The van der Waals surface area contributed by atoms with Gasteiger partial charge < -0.3 is 5.32 Å². The van der Waals surface area contributed by atoms with Crippen LogP contribution < -0.4 is 5.32 Å². The van der Waals surface area contributed by atoms with Gasteiger partial charge >= 0.3 is 0 Å². The van der Waals surface area contributed by atoms with Crippen molar-refractivity contribution in [3.63, 3.8) is 0 Å². The summed E-state index contributed by atoms with van der Waals surface area (Å²) in [7, 11) is 0. The zero-order valence-corrected chi connectivity index (χ0v) is 12.6. The van der Waals surface area contributed by atoms with Crippen LogP contribution in [0.1, 0.15) is 37.6 Å².